The average molecular weight is 378 g/mol. The lowest BCUT2D eigenvalue weighted by Crippen LogP contribution is -2.21. The monoisotopic (exact) mass is 378 g/mol. The van der Waals surface area contributed by atoms with Crippen LogP contribution in [0.4, 0.5) is 0 Å². The molecule has 28 heavy (non-hydrogen) atoms. The smallest absolute Gasteiger partial charge is 0.303 e. The van der Waals surface area contributed by atoms with Gasteiger partial charge < -0.3 is 14.4 Å². The number of aromatic nitrogens is 4. The van der Waals surface area contributed by atoms with Crippen LogP contribution in [0.5, 0.6) is 5.75 Å². The molecular formula is C20H18N4O4. The molecule has 0 saturated carbocycles. The minimum Gasteiger partial charge on any atom is -0.492 e. The second-order valence-electron chi connectivity index (χ2n) is 6.27. The van der Waals surface area contributed by atoms with Gasteiger partial charge in [-0.25, -0.2) is 0 Å². The fourth-order valence-corrected chi connectivity index (χ4v) is 3.10. The molecule has 0 aliphatic rings. The Labute approximate surface area is 159 Å². The summed E-state index contributed by atoms with van der Waals surface area (Å²) >= 11 is 0. The predicted molar refractivity (Wildman–Crippen MR) is 103 cm³/mol. The number of para-hydroxylation sites is 3. The fourth-order valence-electron chi connectivity index (χ4n) is 3.10. The molecule has 0 amide bonds. The molecule has 2 aromatic heterocycles. The van der Waals surface area contributed by atoms with Gasteiger partial charge >= 0.3 is 5.97 Å². The maximum atomic E-state index is 12.3. The van der Waals surface area contributed by atoms with Crippen molar-refractivity contribution in [2.75, 3.05) is 6.61 Å². The lowest BCUT2D eigenvalue weighted by molar-refractivity contribution is -0.136. The van der Waals surface area contributed by atoms with E-state index in [0.29, 0.717) is 18.9 Å². The Hall–Kier alpha value is -3.68. The van der Waals surface area contributed by atoms with Gasteiger partial charge in [0, 0.05) is 6.42 Å². The van der Waals surface area contributed by atoms with Crippen molar-refractivity contribution in [2.45, 2.75) is 19.4 Å². The third-order valence-corrected chi connectivity index (χ3v) is 4.40. The molecule has 1 N–H and O–H groups in total. The highest BCUT2D eigenvalue weighted by Crippen LogP contribution is 2.18. The number of carboxylic acids is 1. The van der Waals surface area contributed by atoms with E-state index in [2.05, 4.69) is 10.1 Å². The van der Waals surface area contributed by atoms with Gasteiger partial charge in [0.1, 0.15) is 18.1 Å². The zero-order valence-corrected chi connectivity index (χ0v) is 15.0. The van der Waals surface area contributed by atoms with Gasteiger partial charge in [0.25, 0.3) is 5.56 Å². The van der Waals surface area contributed by atoms with Crippen LogP contribution in [0, 0.1) is 0 Å². The first kappa shape index (κ1) is 17.7. The third kappa shape index (κ3) is 3.44. The van der Waals surface area contributed by atoms with Crippen LogP contribution in [0.2, 0.25) is 0 Å². The zero-order valence-electron chi connectivity index (χ0n) is 15.0. The van der Waals surface area contributed by atoms with Crippen molar-refractivity contribution in [3.8, 4) is 5.75 Å². The van der Waals surface area contributed by atoms with Crippen molar-refractivity contribution in [1.82, 2.24) is 19.2 Å². The normalized spacial score (nSPS) is 11.1. The molecule has 2 aromatic carbocycles. The molecule has 0 bridgehead atoms. The van der Waals surface area contributed by atoms with Gasteiger partial charge in [0.15, 0.2) is 0 Å². The SMILES string of the molecule is O=C(O)CCc1nn2c3ccccc3n(CCOc3ccccc3)c2nc1=O. The molecule has 2 heterocycles. The standard InChI is InChI=1S/C20H18N4O4/c25-18(26)11-10-15-19(27)21-20-23(12-13-28-14-6-2-1-3-7-14)16-8-4-5-9-17(16)24(20)22-15/h1-9H,10-13H2,(H,25,26). The van der Waals surface area contributed by atoms with Crippen molar-refractivity contribution in [3.05, 3.63) is 70.6 Å². The molecule has 0 radical (unpaired) electrons. The number of fused-ring (bicyclic) bond motifs is 3. The van der Waals surface area contributed by atoms with Gasteiger partial charge in [-0.05, 0) is 24.3 Å². The molecule has 142 valence electrons. The Morgan fingerprint density at radius 3 is 2.50 bits per heavy atom. The Morgan fingerprint density at radius 2 is 1.75 bits per heavy atom. The molecule has 0 spiro atoms. The number of hydrogen-bond donors (Lipinski definition) is 1. The largest absolute Gasteiger partial charge is 0.492 e. The summed E-state index contributed by atoms with van der Waals surface area (Å²) in [6, 6.07) is 17.1. The molecule has 0 fully saturated rings. The summed E-state index contributed by atoms with van der Waals surface area (Å²) in [7, 11) is 0. The summed E-state index contributed by atoms with van der Waals surface area (Å²) in [4.78, 5) is 27.3. The van der Waals surface area contributed by atoms with Crippen molar-refractivity contribution in [3.63, 3.8) is 0 Å². The van der Waals surface area contributed by atoms with Gasteiger partial charge in [0.05, 0.1) is 24.0 Å². The Balaban J connectivity index is 1.71. The van der Waals surface area contributed by atoms with E-state index in [0.717, 1.165) is 16.8 Å². The van der Waals surface area contributed by atoms with E-state index in [4.69, 9.17) is 9.84 Å². The van der Waals surface area contributed by atoms with Crippen LogP contribution in [0.1, 0.15) is 12.1 Å². The van der Waals surface area contributed by atoms with E-state index >= 15 is 0 Å². The second-order valence-corrected chi connectivity index (χ2v) is 6.27. The van der Waals surface area contributed by atoms with E-state index < -0.39 is 11.5 Å². The molecule has 0 atom stereocenters. The number of aliphatic carboxylic acids is 1. The summed E-state index contributed by atoms with van der Waals surface area (Å²) in [6.07, 6.45) is -0.125. The first-order valence-corrected chi connectivity index (χ1v) is 8.90. The van der Waals surface area contributed by atoms with Crippen molar-refractivity contribution in [1.29, 1.82) is 0 Å². The molecule has 0 aliphatic heterocycles. The van der Waals surface area contributed by atoms with Crippen LogP contribution in [0.3, 0.4) is 0 Å². The number of carbonyl (C=O) groups is 1. The highest BCUT2D eigenvalue weighted by molar-refractivity contribution is 5.80. The number of carboxylic acid groups (broad SMARTS) is 1. The molecule has 8 heteroatoms. The minimum atomic E-state index is -0.980. The van der Waals surface area contributed by atoms with Crippen LogP contribution in [0.15, 0.2) is 59.4 Å². The van der Waals surface area contributed by atoms with E-state index in [9.17, 15) is 9.59 Å². The van der Waals surface area contributed by atoms with Gasteiger partial charge in [-0.2, -0.15) is 14.6 Å². The minimum absolute atomic E-state index is 0.0424. The van der Waals surface area contributed by atoms with Crippen LogP contribution >= 0.6 is 0 Å². The quantitative estimate of drug-likeness (QED) is 0.529. The first-order chi connectivity index (χ1) is 13.6. The maximum absolute atomic E-state index is 12.3. The summed E-state index contributed by atoms with van der Waals surface area (Å²) in [5.74, 6) is 0.191. The van der Waals surface area contributed by atoms with Gasteiger partial charge in [-0.15, -0.1) is 0 Å². The fraction of sp³-hybridized carbons (Fsp3) is 0.200. The number of nitrogens with zero attached hydrogens (tertiary/aromatic N) is 4. The van der Waals surface area contributed by atoms with Gasteiger partial charge in [-0.3, -0.25) is 9.59 Å². The Bertz CT molecular complexity index is 1200. The summed E-state index contributed by atoms with van der Waals surface area (Å²) in [5, 5.41) is 13.2. The van der Waals surface area contributed by atoms with E-state index in [-0.39, 0.29) is 18.5 Å². The van der Waals surface area contributed by atoms with Gasteiger partial charge in [-0.1, -0.05) is 30.3 Å². The zero-order chi connectivity index (χ0) is 19.5. The van der Waals surface area contributed by atoms with Crippen molar-refractivity contribution >= 4 is 22.8 Å². The summed E-state index contributed by atoms with van der Waals surface area (Å²) < 4.78 is 9.25. The van der Waals surface area contributed by atoms with E-state index in [1.54, 1.807) is 4.52 Å². The third-order valence-electron chi connectivity index (χ3n) is 4.40. The number of hydrogen-bond acceptors (Lipinski definition) is 5. The van der Waals surface area contributed by atoms with Crippen molar-refractivity contribution < 1.29 is 14.6 Å². The number of ether oxygens (including phenoxy) is 1. The molecule has 8 nitrogen and oxygen atoms in total. The van der Waals surface area contributed by atoms with E-state index in [1.807, 2.05) is 59.2 Å². The lowest BCUT2D eigenvalue weighted by atomic mass is 10.2. The predicted octanol–water partition coefficient (Wildman–Crippen LogP) is 2.14. The van der Waals surface area contributed by atoms with Crippen LogP contribution in [-0.4, -0.2) is 36.8 Å². The summed E-state index contributed by atoms with van der Waals surface area (Å²) in [5.41, 5.74) is 1.30. The molecule has 0 unspecified atom stereocenters. The highest BCUT2D eigenvalue weighted by Gasteiger charge is 2.15. The highest BCUT2D eigenvalue weighted by atomic mass is 16.5. The number of imidazole rings is 1. The topological polar surface area (TPSA) is 98.7 Å². The maximum Gasteiger partial charge on any atom is 0.303 e. The average Bonchev–Trinajstić information content (AvgIpc) is 3.00. The van der Waals surface area contributed by atoms with E-state index in [1.165, 1.54) is 0 Å². The Morgan fingerprint density at radius 1 is 1.04 bits per heavy atom. The number of benzene rings is 2. The molecule has 4 rings (SSSR count). The molecule has 0 saturated heterocycles. The summed E-state index contributed by atoms with van der Waals surface area (Å²) in [6.45, 7) is 0.878. The van der Waals surface area contributed by atoms with Gasteiger partial charge in [0.2, 0.25) is 5.78 Å². The molecular weight excluding hydrogens is 360 g/mol. The lowest BCUT2D eigenvalue weighted by Gasteiger charge is -2.08. The molecule has 0 aliphatic carbocycles. The van der Waals surface area contributed by atoms with Crippen LogP contribution in [0.25, 0.3) is 16.8 Å². The number of rotatable bonds is 7. The molecule has 4 aromatic rings. The number of aryl methyl sites for hydroxylation is 1. The second kappa shape index (κ2) is 7.51. The first-order valence-electron chi connectivity index (χ1n) is 8.90. The van der Waals surface area contributed by atoms with Crippen molar-refractivity contribution in [2.24, 2.45) is 0 Å². The van der Waals surface area contributed by atoms with Crippen LogP contribution in [-0.2, 0) is 17.8 Å². The van der Waals surface area contributed by atoms with Crippen LogP contribution < -0.4 is 10.3 Å². The Kier molecular flexibility index (Phi) is 4.76.